The SMILES string of the molecule is CNCCN(C)Cc1cn[nH]c1-c1ccc(OC2COC2)c(C(F)(F)F)c1. The summed E-state index contributed by atoms with van der Waals surface area (Å²) in [6, 6.07) is 4.10. The van der Waals surface area contributed by atoms with Gasteiger partial charge in [-0.1, -0.05) is 0 Å². The normalized spacial score (nSPS) is 15.2. The lowest BCUT2D eigenvalue weighted by atomic mass is 10.0. The Kier molecular flexibility index (Phi) is 6.03. The molecule has 0 atom stereocenters. The van der Waals surface area contributed by atoms with Crippen molar-refractivity contribution < 1.29 is 22.6 Å². The van der Waals surface area contributed by atoms with Gasteiger partial charge < -0.3 is 19.7 Å². The fraction of sp³-hybridized carbons (Fsp3) is 0.500. The van der Waals surface area contributed by atoms with Crippen LogP contribution in [0.2, 0.25) is 0 Å². The Labute approximate surface area is 155 Å². The van der Waals surface area contributed by atoms with Gasteiger partial charge in [-0.3, -0.25) is 5.10 Å². The minimum atomic E-state index is -4.51. The molecule has 1 aliphatic rings. The number of ether oxygens (including phenoxy) is 2. The van der Waals surface area contributed by atoms with Crippen LogP contribution in [0.1, 0.15) is 11.1 Å². The van der Waals surface area contributed by atoms with E-state index in [0.717, 1.165) is 24.7 Å². The van der Waals surface area contributed by atoms with Crippen molar-refractivity contribution in [3.8, 4) is 17.0 Å². The molecule has 0 aliphatic carbocycles. The van der Waals surface area contributed by atoms with Crippen LogP contribution < -0.4 is 10.1 Å². The van der Waals surface area contributed by atoms with Crippen LogP contribution >= 0.6 is 0 Å². The number of nitrogens with one attached hydrogen (secondary N) is 2. The van der Waals surface area contributed by atoms with Gasteiger partial charge in [0.25, 0.3) is 0 Å². The second kappa shape index (κ2) is 8.28. The number of halogens is 3. The zero-order valence-corrected chi connectivity index (χ0v) is 15.3. The van der Waals surface area contributed by atoms with Gasteiger partial charge in [-0.2, -0.15) is 18.3 Å². The molecule has 1 fully saturated rings. The quantitative estimate of drug-likeness (QED) is 0.732. The predicted molar refractivity (Wildman–Crippen MR) is 94.5 cm³/mol. The van der Waals surface area contributed by atoms with Crippen molar-refractivity contribution >= 4 is 0 Å². The first-order valence-electron chi connectivity index (χ1n) is 8.70. The van der Waals surface area contributed by atoms with E-state index in [1.165, 1.54) is 6.07 Å². The van der Waals surface area contributed by atoms with E-state index in [2.05, 4.69) is 20.4 Å². The number of rotatable bonds is 8. The molecule has 2 heterocycles. The monoisotopic (exact) mass is 384 g/mol. The topological polar surface area (TPSA) is 62.4 Å². The highest BCUT2D eigenvalue weighted by molar-refractivity contribution is 5.65. The lowest BCUT2D eigenvalue weighted by molar-refractivity contribution is -0.141. The largest absolute Gasteiger partial charge is 0.485 e. The number of likely N-dealkylation sites (N-methyl/N-ethyl adjacent to an activating group) is 2. The average molecular weight is 384 g/mol. The highest BCUT2D eigenvalue weighted by atomic mass is 19.4. The summed E-state index contributed by atoms with van der Waals surface area (Å²) in [7, 11) is 3.82. The highest BCUT2D eigenvalue weighted by Crippen LogP contribution is 2.39. The maximum Gasteiger partial charge on any atom is 0.419 e. The van der Waals surface area contributed by atoms with Crippen LogP contribution in [0.25, 0.3) is 11.3 Å². The molecule has 0 spiro atoms. The van der Waals surface area contributed by atoms with Gasteiger partial charge in [-0.15, -0.1) is 0 Å². The molecule has 3 rings (SSSR count). The zero-order chi connectivity index (χ0) is 19.4. The standard InChI is InChI=1S/C18H23F3N4O2/c1-22-5-6-25(2)9-13-8-23-24-17(13)12-3-4-16(27-14-10-26-11-14)15(7-12)18(19,20)21/h3-4,7-8,14,22H,5-6,9-11H2,1-2H3,(H,23,24). The molecule has 2 aromatic rings. The van der Waals surface area contributed by atoms with Crippen LogP contribution in [-0.2, 0) is 17.5 Å². The third kappa shape index (κ3) is 4.79. The molecule has 1 aromatic heterocycles. The lowest BCUT2D eigenvalue weighted by Crippen LogP contribution is -2.39. The fourth-order valence-electron chi connectivity index (χ4n) is 2.82. The summed E-state index contributed by atoms with van der Waals surface area (Å²) in [6.07, 6.45) is -3.20. The molecule has 0 radical (unpaired) electrons. The third-order valence-electron chi connectivity index (χ3n) is 4.38. The van der Waals surface area contributed by atoms with Gasteiger partial charge in [0.05, 0.1) is 30.7 Å². The van der Waals surface area contributed by atoms with Gasteiger partial charge in [0.2, 0.25) is 0 Å². The zero-order valence-electron chi connectivity index (χ0n) is 15.3. The number of aromatic amines is 1. The molecule has 0 bridgehead atoms. The Balaban J connectivity index is 1.85. The van der Waals surface area contributed by atoms with E-state index in [1.807, 2.05) is 14.1 Å². The molecule has 0 saturated carbocycles. The van der Waals surface area contributed by atoms with Crippen LogP contribution in [0.3, 0.4) is 0 Å². The Bertz CT molecular complexity index is 759. The molecule has 148 valence electrons. The van der Waals surface area contributed by atoms with Crippen molar-refractivity contribution in [2.45, 2.75) is 18.8 Å². The van der Waals surface area contributed by atoms with Crippen LogP contribution in [-0.4, -0.2) is 61.6 Å². The molecular formula is C18H23F3N4O2. The van der Waals surface area contributed by atoms with Crippen LogP contribution in [0, 0.1) is 0 Å². The molecule has 0 amide bonds. The molecule has 1 aromatic carbocycles. The molecular weight excluding hydrogens is 361 g/mol. The van der Waals surface area contributed by atoms with Gasteiger partial charge in [0.15, 0.2) is 0 Å². The summed E-state index contributed by atoms with van der Waals surface area (Å²) >= 11 is 0. The summed E-state index contributed by atoms with van der Waals surface area (Å²) in [4.78, 5) is 2.07. The van der Waals surface area contributed by atoms with E-state index in [4.69, 9.17) is 9.47 Å². The molecule has 1 saturated heterocycles. The van der Waals surface area contributed by atoms with E-state index in [1.54, 1.807) is 12.3 Å². The minimum absolute atomic E-state index is 0.174. The number of hydrogen-bond donors (Lipinski definition) is 2. The van der Waals surface area contributed by atoms with Crippen LogP contribution in [0.15, 0.2) is 24.4 Å². The van der Waals surface area contributed by atoms with Gasteiger partial charge in [-0.25, -0.2) is 0 Å². The first-order chi connectivity index (χ1) is 12.9. The number of nitrogens with zero attached hydrogens (tertiary/aromatic N) is 2. The van der Waals surface area contributed by atoms with Gasteiger partial charge in [-0.05, 0) is 32.3 Å². The second-order valence-electron chi connectivity index (χ2n) is 6.60. The Morgan fingerprint density at radius 1 is 1.37 bits per heavy atom. The van der Waals surface area contributed by atoms with Crippen LogP contribution in [0.5, 0.6) is 5.75 Å². The Morgan fingerprint density at radius 2 is 2.15 bits per heavy atom. The maximum atomic E-state index is 13.5. The lowest BCUT2D eigenvalue weighted by Gasteiger charge is -2.28. The van der Waals surface area contributed by atoms with Gasteiger partial charge in [0.1, 0.15) is 11.9 Å². The second-order valence-corrected chi connectivity index (χ2v) is 6.60. The summed E-state index contributed by atoms with van der Waals surface area (Å²) < 4.78 is 51.0. The number of aromatic nitrogens is 2. The first kappa shape index (κ1) is 19.7. The van der Waals surface area contributed by atoms with E-state index in [0.29, 0.717) is 31.0 Å². The smallest absolute Gasteiger partial charge is 0.419 e. The highest BCUT2D eigenvalue weighted by Gasteiger charge is 2.36. The van der Waals surface area contributed by atoms with Crippen molar-refractivity contribution in [2.24, 2.45) is 0 Å². The summed E-state index contributed by atoms with van der Waals surface area (Å²) in [5.41, 5.74) is 1.04. The van der Waals surface area contributed by atoms with Gasteiger partial charge in [0, 0.05) is 30.8 Å². The number of H-pyrrole nitrogens is 1. The predicted octanol–water partition coefficient (Wildman–Crippen LogP) is 2.52. The van der Waals surface area contributed by atoms with Crippen molar-refractivity contribution in [1.29, 1.82) is 0 Å². The molecule has 6 nitrogen and oxygen atoms in total. The van der Waals surface area contributed by atoms with Crippen molar-refractivity contribution in [2.75, 3.05) is 40.4 Å². The fourth-order valence-corrected chi connectivity index (χ4v) is 2.82. The molecule has 2 N–H and O–H groups in total. The number of benzene rings is 1. The molecule has 9 heteroatoms. The third-order valence-corrected chi connectivity index (χ3v) is 4.38. The van der Waals surface area contributed by atoms with E-state index < -0.39 is 11.7 Å². The van der Waals surface area contributed by atoms with Crippen molar-refractivity contribution in [1.82, 2.24) is 20.4 Å². The average Bonchev–Trinajstić information content (AvgIpc) is 3.03. The van der Waals surface area contributed by atoms with E-state index >= 15 is 0 Å². The van der Waals surface area contributed by atoms with Crippen molar-refractivity contribution in [3.63, 3.8) is 0 Å². The van der Waals surface area contributed by atoms with Gasteiger partial charge >= 0.3 is 6.18 Å². The Morgan fingerprint density at radius 3 is 2.78 bits per heavy atom. The summed E-state index contributed by atoms with van der Waals surface area (Å²) in [5, 5.41) is 9.91. The minimum Gasteiger partial charge on any atom is -0.485 e. The van der Waals surface area contributed by atoms with E-state index in [-0.39, 0.29) is 11.9 Å². The van der Waals surface area contributed by atoms with Crippen molar-refractivity contribution in [3.05, 3.63) is 35.5 Å². The maximum absolute atomic E-state index is 13.5. The summed E-state index contributed by atoms with van der Waals surface area (Å²) in [6.45, 7) is 2.82. The molecule has 0 unspecified atom stereocenters. The molecule has 27 heavy (non-hydrogen) atoms. The number of alkyl halides is 3. The van der Waals surface area contributed by atoms with Crippen LogP contribution in [0.4, 0.5) is 13.2 Å². The van der Waals surface area contributed by atoms with E-state index in [9.17, 15) is 13.2 Å². The first-order valence-corrected chi connectivity index (χ1v) is 8.70. The number of hydrogen-bond acceptors (Lipinski definition) is 5. The Hall–Kier alpha value is -2.10. The summed E-state index contributed by atoms with van der Waals surface area (Å²) in [5.74, 6) is -0.174. The molecule has 1 aliphatic heterocycles.